The molecule has 0 fully saturated rings. The van der Waals surface area contributed by atoms with Crippen LogP contribution in [0.1, 0.15) is 19.4 Å². The predicted octanol–water partition coefficient (Wildman–Crippen LogP) is 3.97. The number of nitrogen functional groups attached to an aromatic ring is 1. The molecule has 2 rings (SSSR count). The lowest BCUT2D eigenvalue weighted by molar-refractivity contribution is -0.116. The zero-order valence-corrected chi connectivity index (χ0v) is 17.5. The van der Waals surface area contributed by atoms with Crippen molar-refractivity contribution in [3.05, 3.63) is 40.1 Å². The van der Waals surface area contributed by atoms with Crippen molar-refractivity contribution >= 4 is 51.5 Å². The molecule has 27 heavy (non-hydrogen) atoms. The molecule has 10 heteroatoms. The number of anilines is 1. The molecule has 0 amide bonds. The maximum Gasteiger partial charge on any atom is 0.238 e. The van der Waals surface area contributed by atoms with E-state index in [0.717, 1.165) is 5.56 Å². The second-order valence-corrected chi connectivity index (χ2v) is 6.19. The first kappa shape index (κ1) is 24.9. The highest BCUT2D eigenvalue weighted by Gasteiger charge is 2.07. The Morgan fingerprint density at radius 2 is 1.41 bits per heavy atom. The van der Waals surface area contributed by atoms with E-state index in [1.807, 2.05) is 0 Å². The van der Waals surface area contributed by atoms with Crippen LogP contribution >= 0.6 is 34.8 Å². The number of aromatic nitrogens is 2. The molecule has 148 valence electrons. The topological polar surface area (TPSA) is 104 Å². The maximum atomic E-state index is 10.8. The Morgan fingerprint density at radius 1 is 0.963 bits per heavy atom. The Kier molecular flexibility index (Phi) is 12.1. The van der Waals surface area contributed by atoms with E-state index in [0.29, 0.717) is 34.2 Å². The van der Waals surface area contributed by atoms with Crippen molar-refractivity contribution in [3.63, 3.8) is 0 Å². The first-order valence-corrected chi connectivity index (χ1v) is 8.55. The summed E-state index contributed by atoms with van der Waals surface area (Å²) in [4.78, 5) is 27.8. The van der Waals surface area contributed by atoms with E-state index in [-0.39, 0.29) is 11.0 Å². The smallest absolute Gasteiger partial charge is 0.238 e. The van der Waals surface area contributed by atoms with Crippen LogP contribution in [-0.2, 0) is 16.0 Å². The number of methoxy groups -OCH3 is 2. The molecule has 0 aliphatic carbocycles. The zero-order valence-electron chi connectivity index (χ0n) is 15.3. The molecule has 0 saturated carbocycles. The van der Waals surface area contributed by atoms with Gasteiger partial charge in [0.2, 0.25) is 17.0 Å². The van der Waals surface area contributed by atoms with Crippen LogP contribution in [0.15, 0.2) is 24.3 Å². The molecule has 0 aliphatic rings. The number of carbonyl (C=O) groups is 2. The molecule has 0 aromatic carbocycles. The first-order chi connectivity index (χ1) is 12.6. The number of nitrogens with zero attached hydrogens (tertiary/aromatic N) is 2. The number of ketones is 1. The summed E-state index contributed by atoms with van der Waals surface area (Å²) in [6.45, 7) is 2.82. The second-order valence-electron chi connectivity index (χ2n) is 4.88. The van der Waals surface area contributed by atoms with Crippen molar-refractivity contribution in [3.8, 4) is 11.8 Å². The average Bonchev–Trinajstić information content (AvgIpc) is 2.58. The van der Waals surface area contributed by atoms with E-state index in [2.05, 4.69) is 21.6 Å². The van der Waals surface area contributed by atoms with E-state index in [4.69, 9.17) is 38.4 Å². The SMILES string of the molecule is CC(=O)Cl.COc1nc(Cl)ccc1CC(C)=O.COc1nc(Cl)ccc1N. The largest absolute Gasteiger partial charge is 0.481 e. The highest BCUT2D eigenvalue weighted by atomic mass is 35.5. The number of pyridine rings is 2. The molecule has 0 aliphatic heterocycles. The summed E-state index contributed by atoms with van der Waals surface area (Å²) >= 11 is 15.8. The summed E-state index contributed by atoms with van der Waals surface area (Å²) < 4.78 is 9.78. The number of halogens is 3. The van der Waals surface area contributed by atoms with Gasteiger partial charge in [-0.2, -0.15) is 4.98 Å². The van der Waals surface area contributed by atoms with E-state index in [9.17, 15) is 9.59 Å². The average molecular weight is 437 g/mol. The van der Waals surface area contributed by atoms with Crippen LogP contribution in [0.25, 0.3) is 0 Å². The standard InChI is InChI=1S/C9H10ClNO2.C6H7ClN2O.C2H3ClO/c1-6(12)5-7-3-4-8(10)11-9(7)13-2;1-10-6-4(8)2-3-5(7)9-6;1-2(3)4/h3-4H,5H2,1-2H3;2-3H,8H2,1H3;1H3. The Labute approximate surface area is 172 Å². The minimum atomic E-state index is -0.361. The van der Waals surface area contributed by atoms with Crippen LogP contribution in [0.4, 0.5) is 5.69 Å². The van der Waals surface area contributed by atoms with Gasteiger partial charge in [0.05, 0.1) is 19.9 Å². The lowest BCUT2D eigenvalue weighted by atomic mass is 10.1. The van der Waals surface area contributed by atoms with Crippen molar-refractivity contribution < 1.29 is 19.1 Å². The fourth-order valence-corrected chi connectivity index (χ4v) is 1.90. The van der Waals surface area contributed by atoms with Crippen LogP contribution in [0.3, 0.4) is 0 Å². The van der Waals surface area contributed by atoms with Gasteiger partial charge in [0, 0.05) is 18.9 Å². The Balaban J connectivity index is 0.000000428. The molecule has 2 N–H and O–H groups in total. The summed E-state index contributed by atoms with van der Waals surface area (Å²) in [5.41, 5.74) is 6.71. The number of hydrogen-bond acceptors (Lipinski definition) is 7. The number of ether oxygens (including phenoxy) is 2. The molecule has 2 aromatic heterocycles. The van der Waals surface area contributed by atoms with Gasteiger partial charge in [0.15, 0.2) is 0 Å². The minimum absolute atomic E-state index is 0.0717. The Hall–Kier alpha value is -2.09. The van der Waals surface area contributed by atoms with Crippen molar-refractivity contribution in [1.82, 2.24) is 9.97 Å². The molecule has 0 atom stereocenters. The normalized spacial score (nSPS) is 9.15. The lowest BCUT2D eigenvalue weighted by Gasteiger charge is -2.05. The molecule has 0 spiro atoms. The number of Topliss-reactive ketones (excluding diaryl/α,β-unsaturated/α-hetero) is 1. The summed E-state index contributed by atoms with van der Waals surface area (Å²) in [5.74, 6) is 0.859. The van der Waals surface area contributed by atoms with Crippen LogP contribution < -0.4 is 15.2 Å². The van der Waals surface area contributed by atoms with Crippen molar-refractivity contribution in [2.24, 2.45) is 0 Å². The highest BCUT2D eigenvalue weighted by molar-refractivity contribution is 6.62. The molecule has 2 aromatic rings. The molecular formula is C17H20Cl3N3O4. The van der Waals surface area contributed by atoms with E-state index < -0.39 is 0 Å². The van der Waals surface area contributed by atoms with Gasteiger partial charge in [-0.1, -0.05) is 29.3 Å². The summed E-state index contributed by atoms with van der Waals surface area (Å²) in [7, 11) is 3.00. The Bertz CT molecular complexity index is 769. The van der Waals surface area contributed by atoms with Crippen LogP contribution in [0.5, 0.6) is 11.8 Å². The van der Waals surface area contributed by atoms with E-state index in [1.54, 1.807) is 24.3 Å². The van der Waals surface area contributed by atoms with Crippen molar-refractivity contribution in [1.29, 1.82) is 0 Å². The fourth-order valence-electron chi connectivity index (χ4n) is 1.62. The number of hydrogen-bond donors (Lipinski definition) is 1. The maximum absolute atomic E-state index is 10.8. The van der Waals surface area contributed by atoms with Crippen LogP contribution in [-0.4, -0.2) is 35.2 Å². The molecule has 0 saturated heterocycles. The van der Waals surface area contributed by atoms with E-state index in [1.165, 1.54) is 28.1 Å². The zero-order chi connectivity index (χ0) is 21.0. The quantitative estimate of drug-likeness (QED) is 0.571. The lowest BCUT2D eigenvalue weighted by Crippen LogP contribution is -2.01. The fraction of sp³-hybridized carbons (Fsp3) is 0.294. The van der Waals surface area contributed by atoms with Crippen LogP contribution in [0, 0.1) is 0 Å². The first-order valence-electron chi connectivity index (χ1n) is 7.41. The van der Waals surface area contributed by atoms with Gasteiger partial charge >= 0.3 is 0 Å². The van der Waals surface area contributed by atoms with Crippen LogP contribution in [0.2, 0.25) is 10.3 Å². The van der Waals surface area contributed by atoms with Gasteiger partial charge in [-0.05, 0) is 36.7 Å². The minimum Gasteiger partial charge on any atom is -0.481 e. The predicted molar refractivity (Wildman–Crippen MR) is 107 cm³/mol. The van der Waals surface area contributed by atoms with Gasteiger partial charge < -0.3 is 15.2 Å². The number of rotatable bonds is 4. The monoisotopic (exact) mass is 435 g/mol. The number of carbonyl (C=O) groups excluding carboxylic acids is 2. The molecule has 0 bridgehead atoms. The molecule has 7 nitrogen and oxygen atoms in total. The third kappa shape index (κ3) is 11.3. The van der Waals surface area contributed by atoms with Crippen molar-refractivity contribution in [2.75, 3.05) is 20.0 Å². The molecule has 0 radical (unpaired) electrons. The third-order valence-electron chi connectivity index (χ3n) is 2.59. The van der Waals surface area contributed by atoms with Crippen molar-refractivity contribution in [2.45, 2.75) is 20.3 Å². The molecular weight excluding hydrogens is 417 g/mol. The number of nitrogens with two attached hydrogens (primary N) is 1. The molecule has 0 unspecified atom stereocenters. The van der Waals surface area contributed by atoms with Gasteiger partial charge in [0.1, 0.15) is 16.1 Å². The second kappa shape index (κ2) is 13.1. The highest BCUT2D eigenvalue weighted by Crippen LogP contribution is 2.20. The van der Waals surface area contributed by atoms with Gasteiger partial charge in [0.25, 0.3) is 0 Å². The third-order valence-corrected chi connectivity index (χ3v) is 3.01. The van der Waals surface area contributed by atoms with Gasteiger partial charge in [-0.15, -0.1) is 0 Å². The van der Waals surface area contributed by atoms with E-state index >= 15 is 0 Å². The molecule has 2 heterocycles. The summed E-state index contributed by atoms with van der Waals surface area (Å²) in [6, 6.07) is 6.64. The van der Waals surface area contributed by atoms with Gasteiger partial charge in [-0.3, -0.25) is 9.59 Å². The van der Waals surface area contributed by atoms with Gasteiger partial charge in [-0.25, -0.2) is 4.98 Å². The summed E-state index contributed by atoms with van der Waals surface area (Å²) in [6.07, 6.45) is 0.327. The summed E-state index contributed by atoms with van der Waals surface area (Å²) in [5, 5.41) is 0.384. The Morgan fingerprint density at radius 3 is 1.81 bits per heavy atom.